The summed E-state index contributed by atoms with van der Waals surface area (Å²) in [6, 6.07) is 7.74. The van der Waals surface area contributed by atoms with Crippen molar-refractivity contribution >= 4 is 5.97 Å². The lowest BCUT2D eigenvalue weighted by Gasteiger charge is -2.51. The van der Waals surface area contributed by atoms with E-state index >= 15 is 0 Å². The van der Waals surface area contributed by atoms with Gasteiger partial charge in [-0.05, 0) is 99.3 Å². The van der Waals surface area contributed by atoms with Gasteiger partial charge < -0.3 is 61.6 Å². The lowest BCUT2D eigenvalue weighted by atomic mass is 9.78. The van der Waals surface area contributed by atoms with Crippen LogP contribution in [0.15, 0.2) is 48.6 Å². The van der Waals surface area contributed by atoms with Crippen LogP contribution < -0.4 is 4.74 Å². The van der Waals surface area contributed by atoms with Gasteiger partial charge in [0.15, 0.2) is 12.4 Å². The Labute approximate surface area is 402 Å². The van der Waals surface area contributed by atoms with Crippen LogP contribution in [0.1, 0.15) is 137 Å². The van der Waals surface area contributed by atoms with Crippen LogP contribution >= 0.6 is 0 Å². The van der Waals surface area contributed by atoms with Crippen LogP contribution in [0.4, 0.5) is 0 Å². The number of fused-ring (bicyclic) bond motifs is 2. The van der Waals surface area contributed by atoms with E-state index in [9.17, 15) is 4.79 Å². The van der Waals surface area contributed by atoms with Gasteiger partial charge in [0, 0.05) is 31.2 Å². The Kier molecular flexibility index (Phi) is 13.3. The van der Waals surface area contributed by atoms with Gasteiger partial charge in [-0.2, -0.15) is 0 Å². The quantitative estimate of drug-likeness (QED) is 0.130. The van der Waals surface area contributed by atoms with Crippen LogP contribution in [-0.4, -0.2) is 128 Å². The summed E-state index contributed by atoms with van der Waals surface area (Å²) >= 11 is 0. The molecule has 1 aromatic carbocycles. The molecule has 0 amide bonds. The van der Waals surface area contributed by atoms with E-state index in [1.807, 2.05) is 24.3 Å². The average molecular weight is 949 g/mol. The number of carbonyl (C=O) groups is 1. The lowest BCUT2D eigenvalue weighted by molar-refractivity contribution is -0.329. The van der Waals surface area contributed by atoms with E-state index in [2.05, 4.69) is 47.8 Å². The van der Waals surface area contributed by atoms with Crippen molar-refractivity contribution in [3.05, 3.63) is 54.1 Å². The maximum absolute atomic E-state index is 12.5. The highest BCUT2D eigenvalue weighted by Crippen LogP contribution is 2.64. The van der Waals surface area contributed by atoms with Gasteiger partial charge in [-0.1, -0.05) is 66.3 Å². The SMILES string of the molecule is C=C1CC(CCC23OC4C5OC(CC)CCC5OC5C4OC4(OC(c6ccc(OC)cc6)OC24)C5O3)OC1CCC1CC(C)C(=C)C(CC2OC3CC(C)C(CCC)OC3C(C)C2OC(C)=O)O1. The van der Waals surface area contributed by atoms with Crippen LogP contribution in [0.2, 0.25) is 0 Å². The monoisotopic (exact) mass is 949 g/mol. The van der Waals surface area contributed by atoms with Gasteiger partial charge in [-0.15, -0.1) is 0 Å². The molecule has 0 radical (unpaired) electrons. The van der Waals surface area contributed by atoms with Crippen molar-refractivity contribution in [1.82, 2.24) is 0 Å². The Morgan fingerprint density at radius 1 is 0.735 bits per heavy atom. The van der Waals surface area contributed by atoms with E-state index in [0.717, 1.165) is 86.7 Å². The second kappa shape index (κ2) is 18.9. The van der Waals surface area contributed by atoms with Gasteiger partial charge in [-0.3, -0.25) is 4.79 Å². The molecule has 11 fully saturated rings. The zero-order valence-corrected chi connectivity index (χ0v) is 41.3. The van der Waals surface area contributed by atoms with Crippen LogP contribution in [0.25, 0.3) is 0 Å². The van der Waals surface area contributed by atoms with E-state index in [-0.39, 0.29) is 91.1 Å². The second-order valence-corrected chi connectivity index (χ2v) is 22.0. The molecule has 11 aliphatic heterocycles. The van der Waals surface area contributed by atoms with E-state index in [1.54, 1.807) is 7.11 Å². The molecule has 1 aromatic rings. The molecular formula is C54H76O14. The first kappa shape index (κ1) is 47.8. The first-order chi connectivity index (χ1) is 32.8. The van der Waals surface area contributed by atoms with Crippen molar-refractivity contribution in [2.24, 2.45) is 17.8 Å². The average Bonchev–Trinajstić information content (AvgIpc) is 4.01. The molecule has 12 rings (SSSR count). The fraction of sp³-hybridized carbons (Fsp3) is 0.796. The summed E-state index contributed by atoms with van der Waals surface area (Å²) in [6.07, 6.45) is 6.21. The molecule has 23 unspecified atom stereocenters. The topological polar surface area (TPSA) is 137 Å². The summed E-state index contributed by atoms with van der Waals surface area (Å²) in [5.41, 5.74) is 3.02. The fourth-order valence-electron chi connectivity index (χ4n) is 13.9. The van der Waals surface area contributed by atoms with E-state index < -0.39 is 48.4 Å². The number of carbonyl (C=O) groups excluding carboxylic acids is 1. The van der Waals surface area contributed by atoms with Gasteiger partial charge in [0.25, 0.3) is 0 Å². The van der Waals surface area contributed by atoms with Crippen molar-refractivity contribution in [1.29, 1.82) is 0 Å². The molecule has 11 saturated heterocycles. The summed E-state index contributed by atoms with van der Waals surface area (Å²) in [5, 5.41) is 0. The lowest BCUT2D eigenvalue weighted by Crippen LogP contribution is -2.62. The second-order valence-electron chi connectivity index (χ2n) is 22.0. The minimum absolute atomic E-state index is 0.00683. The Morgan fingerprint density at radius 3 is 2.29 bits per heavy atom. The molecule has 14 nitrogen and oxygen atoms in total. The summed E-state index contributed by atoms with van der Waals surface area (Å²) in [6.45, 7) is 21.5. The molecule has 23 atom stereocenters. The highest BCUT2D eigenvalue weighted by Gasteiger charge is 2.83. The molecule has 0 aliphatic carbocycles. The van der Waals surface area contributed by atoms with Crippen molar-refractivity contribution in [3.63, 3.8) is 0 Å². The minimum Gasteiger partial charge on any atom is -0.497 e. The van der Waals surface area contributed by atoms with Crippen LogP contribution in [0, 0.1) is 17.8 Å². The molecule has 68 heavy (non-hydrogen) atoms. The minimum atomic E-state index is -1.21. The highest BCUT2D eigenvalue weighted by molar-refractivity contribution is 5.66. The van der Waals surface area contributed by atoms with Crippen molar-refractivity contribution in [2.75, 3.05) is 7.11 Å². The van der Waals surface area contributed by atoms with Gasteiger partial charge in [0.2, 0.25) is 11.6 Å². The number of hydrogen-bond acceptors (Lipinski definition) is 14. The van der Waals surface area contributed by atoms with E-state index in [1.165, 1.54) is 6.92 Å². The van der Waals surface area contributed by atoms with Crippen LogP contribution in [-0.2, 0) is 61.6 Å². The molecule has 1 spiro atoms. The van der Waals surface area contributed by atoms with Crippen molar-refractivity contribution in [2.45, 2.75) is 247 Å². The summed E-state index contributed by atoms with van der Waals surface area (Å²) in [7, 11) is 1.65. The standard InChI is InChI=1S/C54H76O14/c1-10-12-38-29(5)25-42-45(62-38)31(7)44(57-32(8)55)43(61-42)26-41-30(6)27(3)23-36(59-41)18-19-39-28(4)24-37(58-39)21-22-53-52-54(68-51(64-52)33-13-15-35(56-9)16-14-33)50(67-53)49-48(66-54)47(65-53)46-40(63-49)20-17-34(11-2)60-46/h13-16,27,29,31,34,36-52H,4,6,10-12,17-26H2,1-3,5,7-9H3. The molecule has 0 aromatic heterocycles. The first-order valence-electron chi connectivity index (χ1n) is 26.3. The number of hydrogen-bond donors (Lipinski definition) is 0. The third-order valence-electron chi connectivity index (χ3n) is 17.5. The molecule has 376 valence electrons. The first-order valence-corrected chi connectivity index (χ1v) is 26.3. The molecule has 0 saturated carbocycles. The summed E-state index contributed by atoms with van der Waals surface area (Å²) in [4.78, 5) is 12.5. The number of ether oxygens (including phenoxy) is 13. The third-order valence-corrected chi connectivity index (χ3v) is 17.5. The largest absolute Gasteiger partial charge is 0.497 e. The zero-order valence-electron chi connectivity index (χ0n) is 41.3. The Balaban J connectivity index is 0.750. The van der Waals surface area contributed by atoms with Crippen LogP contribution in [0.5, 0.6) is 5.75 Å². The number of esters is 1. The molecule has 0 N–H and O–H groups in total. The fourth-order valence-corrected chi connectivity index (χ4v) is 13.9. The smallest absolute Gasteiger partial charge is 0.303 e. The van der Waals surface area contributed by atoms with E-state index in [4.69, 9.17) is 61.6 Å². The van der Waals surface area contributed by atoms with Gasteiger partial charge in [-0.25, -0.2) is 0 Å². The molecular weight excluding hydrogens is 873 g/mol. The maximum Gasteiger partial charge on any atom is 0.303 e. The van der Waals surface area contributed by atoms with Crippen LogP contribution in [0.3, 0.4) is 0 Å². The maximum atomic E-state index is 12.5. The number of methoxy groups -OCH3 is 1. The summed E-state index contributed by atoms with van der Waals surface area (Å²) < 4.78 is 87.5. The molecule has 11 aliphatic rings. The van der Waals surface area contributed by atoms with Gasteiger partial charge in [0.1, 0.15) is 42.4 Å². The Hall–Kier alpha value is -2.47. The molecule has 11 heterocycles. The number of rotatable bonds is 14. The van der Waals surface area contributed by atoms with Gasteiger partial charge >= 0.3 is 5.97 Å². The summed E-state index contributed by atoms with van der Waals surface area (Å²) in [5.74, 6) is -1.29. The van der Waals surface area contributed by atoms with E-state index in [0.29, 0.717) is 25.2 Å². The molecule has 6 bridgehead atoms. The number of benzene rings is 1. The zero-order chi connectivity index (χ0) is 47.2. The predicted octanol–water partition coefficient (Wildman–Crippen LogP) is 8.37. The predicted molar refractivity (Wildman–Crippen MR) is 246 cm³/mol. The highest BCUT2D eigenvalue weighted by atomic mass is 16.9. The Bertz CT molecular complexity index is 2010. The molecule has 14 heteroatoms. The van der Waals surface area contributed by atoms with Crippen molar-refractivity contribution < 1.29 is 66.4 Å². The van der Waals surface area contributed by atoms with Crippen molar-refractivity contribution in [3.8, 4) is 5.75 Å². The third kappa shape index (κ3) is 8.35. The van der Waals surface area contributed by atoms with Gasteiger partial charge in [0.05, 0.1) is 68.1 Å². The Morgan fingerprint density at radius 2 is 1.53 bits per heavy atom. The normalized spacial score (nSPS) is 49.0.